The van der Waals surface area contributed by atoms with Gasteiger partial charge in [0.25, 0.3) is 0 Å². The number of halogens is 1. The Labute approximate surface area is 202 Å². The van der Waals surface area contributed by atoms with Crippen LogP contribution in [0.2, 0.25) is 0 Å². The highest BCUT2D eigenvalue weighted by Crippen LogP contribution is 2.49. The summed E-state index contributed by atoms with van der Waals surface area (Å²) < 4.78 is 26.6. The molecule has 2 atom stereocenters. The number of hydrogen-bond donors (Lipinski definition) is 3. The second-order valence-corrected chi connectivity index (χ2v) is 10.2. The Morgan fingerprint density at radius 1 is 1.34 bits per heavy atom. The molecule has 0 aromatic carbocycles. The molecule has 1 spiro atoms. The smallest absolute Gasteiger partial charge is 0.413 e. The Morgan fingerprint density at radius 2 is 2.14 bits per heavy atom. The van der Waals surface area contributed by atoms with Gasteiger partial charge in [0, 0.05) is 48.6 Å². The summed E-state index contributed by atoms with van der Waals surface area (Å²) in [6.07, 6.45) is 4.74. The molecule has 184 valence electrons. The lowest BCUT2D eigenvalue weighted by Crippen LogP contribution is -2.62. The molecule has 2 aromatic heterocycles. The number of hydrogen-bond acceptors (Lipinski definition) is 8. The second-order valence-electron chi connectivity index (χ2n) is 10.2. The molecule has 0 bridgehead atoms. The molecule has 2 unspecified atom stereocenters. The van der Waals surface area contributed by atoms with Crippen LogP contribution in [-0.4, -0.2) is 66.5 Å². The first-order chi connectivity index (χ1) is 16.8. The van der Waals surface area contributed by atoms with Crippen LogP contribution in [0.4, 0.5) is 20.7 Å². The summed E-state index contributed by atoms with van der Waals surface area (Å²) in [7, 11) is 2.10. The highest BCUT2D eigenvalue weighted by molar-refractivity contribution is 5.83. The first-order valence-corrected chi connectivity index (χ1v) is 12.0. The van der Waals surface area contributed by atoms with Crippen LogP contribution in [0.3, 0.4) is 0 Å². The van der Waals surface area contributed by atoms with Gasteiger partial charge in [-0.1, -0.05) is 6.08 Å². The van der Waals surface area contributed by atoms with Crippen molar-refractivity contribution in [2.45, 2.75) is 38.0 Å². The summed E-state index contributed by atoms with van der Waals surface area (Å²) in [6.45, 7) is 5.25. The van der Waals surface area contributed by atoms with Gasteiger partial charge in [-0.3, -0.25) is 5.32 Å². The van der Waals surface area contributed by atoms with Crippen LogP contribution in [0.1, 0.15) is 29.9 Å². The average Bonchev–Trinajstić information content (AvgIpc) is 2.80. The van der Waals surface area contributed by atoms with Crippen LogP contribution in [-0.2, 0) is 4.74 Å². The lowest BCUT2D eigenvalue weighted by molar-refractivity contribution is -0.119. The summed E-state index contributed by atoms with van der Waals surface area (Å²) in [4.78, 5) is 23.4. The number of nitrogens with one attached hydrogen (secondary N) is 2. The van der Waals surface area contributed by atoms with Crippen molar-refractivity contribution in [2.75, 3.05) is 43.9 Å². The molecule has 1 saturated carbocycles. The van der Waals surface area contributed by atoms with E-state index in [1.165, 1.54) is 6.20 Å². The van der Waals surface area contributed by atoms with E-state index in [0.717, 1.165) is 42.7 Å². The van der Waals surface area contributed by atoms with Gasteiger partial charge in [-0.15, -0.1) is 0 Å². The van der Waals surface area contributed by atoms with Crippen molar-refractivity contribution in [2.24, 2.45) is 11.1 Å². The van der Waals surface area contributed by atoms with Crippen molar-refractivity contribution in [1.82, 2.24) is 14.9 Å². The third kappa shape index (κ3) is 3.76. The molecular formula is C25H29FN6O3. The first kappa shape index (κ1) is 22.1. The van der Waals surface area contributed by atoms with Crippen LogP contribution in [0.25, 0.3) is 11.8 Å². The molecule has 2 aromatic rings. The predicted octanol–water partition coefficient (Wildman–Crippen LogP) is 1.21. The van der Waals surface area contributed by atoms with E-state index in [1.54, 1.807) is 12.3 Å². The average molecular weight is 481 g/mol. The molecule has 0 radical (unpaired) electrons. The Morgan fingerprint density at radius 3 is 2.91 bits per heavy atom. The van der Waals surface area contributed by atoms with E-state index in [1.807, 2.05) is 13.0 Å². The molecule has 35 heavy (non-hydrogen) atoms. The number of anilines is 2. The van der Waals surface area contributed by atoms with Crippen molar-refractivity contribution in [3.05, 3.63) is 40.0 Å². The largest absolute Gasteiger partial charge is 0.474 e. The number of aromatic nitrogens is 2. The third-order valence-corrected chi connectivity index (χ3v) is 7.60. The van der Waals surface area contributed by atoms with E-state index in [-0.39, 0.29) is 11.8 Å². The summed E-state index contributed by atoms with van der Waals surface area (Å²) >= 11 is 0. The number of pyridine rings is 2. The van der Waals surface area contributed by atoms with E-state index in [9.17, 15) is 4.79 Å². The number of likely N-dealkylation sites (tertiary alicyclic amines) is 1. The van der Waals surface area contributed by atoms with E-state index >= 15 is 4.39 Å². The number of alkyl halides is 1. The van der Waals surface area contributed by atoms with Crippen molar-refractivity contribution >= 4 is 29.4 Å². The minimum Gasteiger partial charge on any atom is -0.474 e. The number of rotatable bonds is 3. The number of ether oxygens (including phenoxy) is 2. The number of nitrogens with zero attached hydrogens (tertiary/aromatic N) is 3. The van der Waals surface area contributed by atoms with Crippen LogP contribution in [0.15, 0.2) is 18.5 Å². The lowest BCUT2D eigenvalue weighted by atomic mass is 9.62. The van der Waals surface area contributed by atoms with Crippen LogP contribution >= 0.6 is 0 Å². The predicted molar refractivity (Wildman–Crippen MR) is 129 cm³/mol. The van der Waals surface area contributed by atoms with Gasteiger partial charge in [0.15, 0.2) is 6.17 Å². The van der Waals surface area contributed by atoms with Crippen molar-refractivity contribution in [3.8, 4) is 5.88 Å². The maximum Gasteiger partial charge on any atom is 0.413 e. The van der Waals surface area contributed by atoms with Crippen LogP contribution in [0, 0.1) is 12.3 Å². The summed E-state index contributed by atoms with van der Waals surface area (Å²) in [5.74, 6) is 0.233. The molecule has 1 amide bonds. The van der Waals surface area contributed by atoms with Crippen molar-refractivity contribution < 1.29 is 18.7 Å². The fourth-order valence-corrected chi connectivity index (χ4v) is 5.99. The van der Waals surface area contributed by atoms with Gasteiger partial charge >= 0.3 is 6.09 Å². The minimum absolute atomic E-state index is 0.0642. The molecule has 9 nitrogen and oxygen atoms in total. The quantitative estimate of drug-likeness (QED) is 0.601. The monoisotopic (exact) mass is 480 g/mol. The van der Waals surface area contributed by atoms with E-state index in [2.05, 4.69) is 32.5 Å². The zero-order valence-corrected chi connectivity index (χ0v) is 19.8. The number of carbonyl (C=O) groups is 1. The Hall–Kier alpha value is -3.40. The SMILES string of the molecule is Cc1c(C2C=c3cc(NC(=O)OC4CC5(C4)CN(C)C5)ncc3=C(N)C2F)cnc2c1NCCO2. The number of carbonyl (C=O) groups excluding carboxylic acids is 1. The Bertz CT molecular complexity index is 1320. The van der Waals surface area contributed by atoms with Crippen molar-refractivity contribution in [1.29, 1.82) is 0 Å². The fraction of sp³-hybridized carbons (Fsp3) is 0.480. The molecule has 4 N–H and O–H groups in total. The highest BCUT2D eigenvalue weighted by Gasteiger charge is 2.52. The van der Waals surface area contributed by atoms with E-state index in [0.29, 0.717) is 40.7 Å². The molecular weight excluding hydrogens is 451 g/mol. The van der Waals surface area contributed by atoms with Gasteiger partial charge in [-0.25, -0.2) is 19.2 Å². The molecule has 4 aliphatic rings. The molecule has 1 saturated heterocycles. The maximum absolute atomic E-state index is 15.4. The fourth-order valence-electron chi connectivity index (χ4n) is 5.99. The number of fused-ring (bicyclic) bond motifs is 2. The van der Waals surface area contributed by atoms with Gasteiger partial charge in [-0.05, 0) is 49.2 Å². The molecule has 6 rings (SSSR count). The standard InChI is InChI=1S/C25H29FN6O3/c1-13-17(9-30-23-22(13)28-3-4-34-23)16-5-14-6-19(29-10-18(14)21(27)20(16)26)31-24(33)35-15-7-25(8-15)11-32(2)12-25/h5-6,9-10,15-16,20,28H,3-4,7-8,11-12,27H2,1-2H3,(H,31,33). The number of nitrogens with two attached hydrogens (primary N) is 1. The lowest BCUT2D eigenvalue weighted by Gasteiger charge is -2.57. The first-order valence-electron chi connectivity index (χ1n) is 12.0. The van der Waals surface area contributed by atoms with Crippen molar-refractivity contribution in [3.63, 3.8) is 0 Å². The maximum atomic E-state index is 15.4. The molecule has 2 aliphatic heterocycles. The molecule has 4 heterocycles. The zero-order valence-electron chi connectivity index (χ0n) is 19.8. The van der Waals surface area contributed by atoms with Gasteiger partial charge < -0.3 is 25.4 Å². The number of amides is 1. The zero-order chi connectivity index (χ0) is 24.3. The Balaban J connectivity index is 1.22. The minimum atomic E-state index is -1.42. The topological polar surface area (TPSA) is 115 Å². The summed E-state index contributed by atoms with van der Waals surface area (Å²) in [5, 5.41) is 7.22. The van der Waals surface area contributed by atoms with E-state index < -0.39 is 18.2 Å². The normalized spacial score (nSPS) is 24.6. The second kappa shape index (κ2) is 8.08. The molecule has 10 heteroatoms. The Kier molecular flexibility index (Phi) is 5.10. The van der Waals surface area contributed by atoms with Gasteiger partial charge in [0.2, 0.25) is 5.88 Å². The van der Waals surface area contributed by atoms with E-state index in [4.69, 9.17) is 15.2 Å². The van der Waals surface area contributed by atoms with Crippen LogP contribution in [0.5, 0.6) is 5.88 Å². The molecule has 2 fully saturated rings. The van der Waals surface area contributed by atoms with Crippen LogP contribution < -0.4 is 31.5 Å². The molecule has 2 aliphatic carbocycles. The van der Waals surface area contributed by atoms with Gasteiger partial charge in [-0.2, -0.15) is 0 Å². The summed E-state index contributed by atoms with van der Waals surface area (Å²) in [6, 6.07) is 1.70. The van der Waals surface area contributed by atoms with Gasteiger partial charge in [0.05, 0.1) is 5.70 Å². The highest BCUT2D eigenvalue weighted by atomic mass is 19.1. The van der Waals surface area contributed by atoms with Gasteiger partial charge in [0.1, 0.15) is 24.2 Å². The summed E-state index contributed by atoms with van der Waals surface area (Å²) in [5.41, 5.74) is 9.04. The third-order valence-electron chi connectivity index (χ3n) is 7.60.